The van der Waals surface area contributed by atoms with Crippen LogP contribution in [-0.4, -0.2) is 16.1 Å². The van der Waals surface area contributed by atoms with Gasteiger partial charge in [0.1, 0.15) is 16.1 Å². The van der Waals surface area contributed by atoms with E-state index < -0.39 is 0 Å². The van der Waals surface area contributed by atoms with Crippen molar-refractivity contribution in [1.82, 2.24) is 9.55 Å². The Labute approximate surface area is 117 Å². The highest BCUT2D eigenvalue weighted by molar-refractivity contribution is 9.10. The van der Waals surface area contributed by atoms with E-state index in [-0.39, 0.29) is 5.82 Å². The third-order valence-corrected chi connectivity index (χ3v) is 3.97. The second-order valence-corrected chi connectivity index (χ2v) is 5.32. The summed E-state index contributed by atoms with van der Waals surface area (Å²) in [7, 11) is 0. The Kier molecular flexibility index (Phi) is 3.03. The molecule has 0 bridgehead atoms. The summed E-state index contributed by atoms with van der Waals surface area (Å²) in [4.78, 5) is 4.43. The van der Waals surface area contributed by atoms with Gasteiger partial charge in [-0.3, -0.25) is 0 Å². The van der Waals surface area contributed by atoms with Crippen LogP contribution in [0.25, 0.3) is 11.3 Å². The first-order chi connectivity index (χ1) is 8.66. The third kappa shape index (κ3) is 1.91. The first-order valence-electron chi connectivity index (χ1n) is 5.62. The highest BCUT2D eigenvalue weighted by Gasteiger charge is 2.20. The lowest BCUT2D eigenvalue weighted by Gasteiger charge is -2.15. The minimum Gasteiger partial charge on any atom is -0.356 e. The molecule has 3 nitrogen and oxygen atoms in total. The first kappa shape index (κ1) is 12.0. The molecule has 0 unspecified atom stereocenters. The van der Waals surface area contributed by atoms with Crippen LogP contribution in [0.4, 0.5) is 10.3 Å². The maximum atomic E-state index is 13.9. The van der Waals surface area contributed by atoms with E-state index in [0.29, 0.717) is 16.3 Å². The molecular weight excluding hydrogens is 321 g/mol. The predicted octanol–water partition coefficient (Wildman–Crippen LogP) is 3.92. The van der Waals surface area contributed by atoms with Crippen molar-refractivity contribution in [1.29, 1.82) is 0 Å². The Hall–Kier alpha value is -1.07. The second-order valence-electron chi connectivity index (χ2n) is 4.13. The van der Waals surface area contributed by atoms with Gasteiger partial charge in [0.15, 0.2) is 0 Å². The molecule has 6 heteroatoms. The summed E-state index contributed by atoms with van der Waals surface area (Å²) in [5, 5.41) is 3.69. The maximum absolute atomic E-state index is 13.9. The molecule has 0 spiro atoms. The lowest BCUT2D eigenvalue weighted by Crippen LogP contribution is -2.17. The highest BCUT2D eigenvalue weighted by atomic mass is 79.9. The minimum absolute atomic E-state index is 0.324. The van der Waals surface area contributed by atoms with Crippen molar-refractivity contribution in [2.45, 2.75) is 13.0 Å². The Morgan fingerprint density at radius 3 is 3.06 bits per heavy atom. The summed E-state index contributed by atoms with van der Waals surface area (Å²) in [6.45, 7) is 1.76. The van der Waals surface area contributed by atoms with Gasteiger partial charge in [-0.2, -0.15) is 0 Å². The molecule has 0 saturated carbocycles. The van der Waals surface area contributed by atoms with Crippen LogP contribution in [0.1, 0.15) is 6.42 Å². The number of benzene rings is 1. The van der Waals surface area contributed by atoms with E-state index in [2.05, 4.69) is 26.2 Å². The molecule has 0 saturated heterocycles. The van der Waals surface area contributed by atoms with Crippen molar-refractivity contribution in [2.24, 2.45) is 0 Å². The van der Waals surface area contributed by atoms with Crippen LogP contribution in [0.15, 0.2) is 22.8 Å². The summed E-state index contributed by atoms with van der Waals surface area (Å²) < 4.78 is 16.6. The fraction of sp³-hybridized carbons (Fsp3) is 0.250. The molecule has 2 aromatic rings. The Morgan fingerprint density at radius 1 is 1.44 bits per heavy atom. The van der Waals surface area contributed by atoms with Gasteiger partial charge in [0.05, 0.1) is 0 Å². The molecule has 1 aliphatic heterocycles. The SMILES string of the molecule is Fc1ccc(Cl)cc1-c1nc2n(c1Br)CCCN2. The van der Waals surface area contributed by atoms with Crippen LogP contribution in [0.5, 0.6) is 0 Å². The van der Waals surface area contributed by atoms with E-state index in [1.807, 2.05) is 4.57 Å². The van der Waals surface area contributed by atoms with Gasteiger partial charge in [-0.25, -0.2) is 9.37 Å². The second kappa shape index (κ2) is 4.55. The van der Waals surface area contributed by atoms with Gasteiger partial charge in [-0.15, -0.1) is 0 Å². The van der Waals surface area contributed by atoms with Crippen molar-refractivity contribution in [3.8, 4) is 11.3 Å². The Morgan fingerprint density at radius 2 is 2.28 bits per heavy atom. The molecule has 0 amide bonds. The summed E-state index contributed by atoms with van der Waals surface area (Å²) in [6.07, 6.45) is 1.03. The van der Waals surface area contributed by atoms with E-state index in [1.165, 1.54) is 12.1 Å². The molecule has 3 rings (SSSR count). The van der Waals surface area contributed by atoms with E-state index in [1.54, 1.807) is 6.07 Å². The molecule has 0 radical (unpaired) electrons. The number of aromatic nitrogens is 2. The standard InChI is InChI=1S/C12H10BrClFN3/c13-11-10(8-6-7(14)2-3-9(8)15)17-12-16-4-1-5-18(11)12/h2-3,6H,1,4-5H2,(H,16,17). The van der Waals surface area contributed by atoms with Crippen LogP contribution in [0, 0.1) is 5.82 Å². The van der Waals surface area contributed by atoms with Crippen LogP contribution in [0.2, 0.25) is 5.02 Å². The lowest BCUT2D eigenvalue weighted by molar-refractivity contribution is 0.618. The number of hydrogen-bond donors (Lipinski definition) is 1. The molecule has 1 aromatic carbocycles. The van der Waals surface area contributed by atoms with Crippen molar-refractivity contribution in [3.05, 3.63) is 33.6 Å². The molecule has 2 heterocycles. The zero-order chi connectivity index (χ0) is 12.7. The number of fused-ring (bicyclic) bond motifs is 1. The number of halogens is 3. The van der Waals surface area contributed by atoms with Crippen LogP contribution in [0.3, 0.4) is 0 Å². The first-order valence-corrected chi connectivity index (χ1v) is 6.79. The zero-order valence-electron chi connectivity index (χ0n) is 9.38. The fourth-order valence-corrected chi connectivity index (χ4v) is 2.88. The number of anilines is 1. The average Bonchev–Trinajstić information content (AvgIpc) is 2.71. The number of nitrogens with zero attached hydrogens (tertiary/aromatic N) is 2. The van der Waals surface area contributed by atoms with Crippen molar-refractivity contribution < 1.29 is 4.39 Å². The predicted molar refractivity (Wildman–Crippen MR) is 73.4 cm³/mol. The minimum atomic E-state index is -0.324. The topological polar surface area (TPSA) is 29.9 Å². The third-order valence-electron chi connectivity index (χ3n) is 2.93. The number of rotatable bonds is 1. The molecule has 94 valence electrons. The molecule has 1 aliphatic rings. The van der Waals surface area contributed by atoms with Gasteiger partial charge >= 0.3 is 0 Å². The Balaban J connectivity index is 2.17. The summed E-state index contributed by atoms with van der Waals surface area (Å²) in [5.74, 6) is 0.443. The smallest absolute Gasteiger partial charge is 0.204 e. The normalized spacial score (nSPS) is 14.2. The van der Waals surface area contributed by atoms with E-state index >= 15 is 0 Å². The van der Waals surface area contributed by atoms with E-state index in [0.717, 1.165) is 30.1 Å². The monoisotopic (exact) mass is 329 g/mol. The van der Waals surface area contributed by atoms with Crippen LogP contribution >= 0.6 is 27.5 Å². The van der Waals surface area contributed by atoms with Gasteiger partial charge in [-0.05, 0) is 40.5 Å². The summed E-state index contributed by atoms with van der Waals surface area (Å²) >= 11 is 9.40. The van der Waals surface area contributed by atoms with Gasteiger partial charge in [0.25, 0.3) is 0 Å². The molecule has 0 atom stereocenters. The quantitative estimate of drug-likeness (QED) is 0.859. The van der Waals surface area contributed by atoms with Gasteiger partial charge < -0.3 is 9.88 Å². The molecule has 1 aromatic heterocycles. The molecular formula is C12H10BrClFN3. The van der Waals surface area contributed by atoms with Crippen molar-refractivity contribution >= 4 is 33.5 Å². The zero-order valence-corrected chi connectivity index (χ0v) is 11.7. The Bertz CT molecular complexity index is 612. The van der Waals surface area contributed by atoms with Crippen LogP contribution in [-0.2, 0) is 6.54 Å². The highest BCUT2D eigenvalue weighted by Crippen LogP contribution is 2.34. The number of hydrogen-bond acceptors (Lipinski definition) is 2. The molecule has 0 fully saturated rings. The average molecular weight is 331 g/mol. The van der Waals surface area contributed by atoms with Gasteiger partial charge in [0.2, 0.25) is 5.95 Å². The molecule has 1 N–H and O–H groups in total. The lowest BCUT2D eigenvalue weighted by atomic mass is 10.1. The molecule has 18 heavy (non-hydrogen) atoms. The van der Waals surface area contributed by atoms with E-state index in [9.17, 15) is 4.39 Å². The van der Waals surface area contributed by atoms with Gasteiger partial charge in [0, 0.05) is 23.7 Å². The van der Waals surface area contributed by atoms with E-state index in [4.69, 9.17) is 11.6 Å². The number of nitrogens with one attached hydrogen (secondary N) is 1. The number of imidazole rings is 1. The van der Waals surface area contributed by atoms with Crippen LogP contribution < -0.4 is 5.32 Å². The summed E-state index contributed by atoms with van der Waals surface area (Å²) in [5.41, 5.74) is 0.998. The largest absolute Gasteiger partial charge is 0.356 e. The van der Waals surface area contributed by atoms with Crippen molar-refractivity contribution in [2.75, 3.05) is 11.9 Å². The maximum Gasteiger partial charge on any atom is 0.204 e. The fourth-order valence-electron chi connectivity index (χ4n) is 2.06. The van der Waals surface area contributed by atoms with Crippen molar-refractivity contribution in [3.63, 3.8) is 0 Å². The summed E-state index contributed by atoms with van der Waals surface area (Å²) in [6, 6.07) is 4.48. The molecule has 0 aliphatic carbocycles. The van der Waals surface area contributed by atoms with Gasteiger partial charge in [-0.1, -0.05) is 11.6 Å².